The fraction of sp³-hybridized carbons (Fsp3) is 0.474. The summed E-state index contributed by atoms with van der Waals surface area (Å²) in [6.07, 6.45) is 3.40. The first-order chi connectivity index (χ1) is 11.8. The van der Waals surface area contributed by atoms with E-state index in [2.05, 4.69) is 38.6 Å². The Labute approximate surface area is 143 Å². The van der Waals surface area contributed by atoms with Crippen LogP contribution in [0.4, 0.5) is 5.82 Å². The van der Waals surface area contributed by atoms with E-state index in [0.29, 0.717) is 5.92 Å². The van der Waals surface area contributed by atoms with Crippen LogP contribution in [0, 0.1) is 5.92 Å². The number of anilines is 1. The van der Waals surface area contributed by atoms with Gasteiger partial charge in [-0.25, -0.2) is 0 Å². The number of β-amino-alcohol motifs (C(OH)–C–C–N with tert-alkyl or cyclic N) is 1. The largest absolute Gasteiger partial charge is 0.395 e. The van der Waals surface area contributed by atoms with Crippen LogP contribution in [0.5, 0.6) is 0 Å². The molecule has 1 atom stereocenters. The quantitative estimate of drug-likeness (QED) is 0.818. The van der Waals surface area contributed by atoms with Crippen LogP contribution < -0.4 is 5.32 Å². The fourth-order valence-corrected chi connectivity index (χ4v) is 3.31. The van der Waals surface area contributed by atoms with Gasteiger partial charge < -0.3 is 15.3 Å². The van der Waals surface area contributed by atoms with E-state index in [-0.39, 0.29) is 6.61 Å². The Morgan fingerprint density at radius 1 is 1.12 bits per heavy atom. The molecule has 1 saturated heterocycles. The molecule has 5 heteroatoms. The predicted octanol–water partition coefficient (Wildman–Crippen LogP) is 2.34. The van der Waals surface area contributed by atoms with Crippen LogP contribution in [-0.4, -0.2) is 46.4 Å². The lowest BCUT2D eigenvalue weighted by molar-refractivity contribution is 0.139. The van der Waals surface area contributed by atoms with Gasteiger partial charge in [-0.3, -0.25) is 0 Å². The summed E-state index contributed by atoms with van der Waals surface area (Å²) < 4.78 is 0. The zero-order valence-corrected chi connectivity index (χ0v) is 14.1. The van der Waals surface area contributed by atoms with E-state index in [0.717, 1.165) is 44.1 Å². The van der Waals surface area contributed by atoms with E-state index in [9.17, 15) is 0 Å². The van der Waals surface area contributed by atoms with Gasteiger partial charge in [-0.1, -0.05) is 30.3 Å². The Kier molecular flexibility index (Phi) is 6.15. The zero-order valence-electron chi connectivity index (χ0n) is 14.1. The molecule has 0 aliphatic carbocycles. The monoisotopic (exact) mass is 326 g/mol. The minimum Gasteiger partial charge on any atom is -0.395 e. The van der Waals surface area contributed by atoms with E-state index in [4.69, 9.17) is 5.11 Å². The van der Waals surface area contributed by atoms with Gasteiger partial charge in [-0.05, 0) is 49.4 Å². The number of nitrogens with zero attached hydrogens (tertiary/aromatic N) is 3. The first-order valence-electron chi connectivity index (χ1n) is 8.77. The van der Waals surface area contributed by atoms with Crippen molar-refractivity contribution < 1.29 is 5.11 Å². The Bertz CT molecular complexity index is 601. The summed E-state index contributed by atoms with van der Waals surface area (Å²) >= 11 is 0. The van der Waals surface area contributed by atoms with Crippen molar-refractivity contribution in [3.05, 3.63) is 53.7 Å². The van der Waals surface area contributed by atoms with E-state index >= 15 is 0 Å². The molecule has 1 aliphatic heterocycles. The summed E-state index contributed by atoms with van der Waals surface area (Å²) in [7, 11) is 0. The molecule has 2 N–H and O–H groups in total. The maximum absolute atomic E-state index is 9.09. The number of benzene rings is 1. The lowest BCUT2D eigenvalue weighted by atomic mass is 9.93. The molecule has 0 amide bonds. The lowest BCUT2D eigenvalue weighted by Crippen LogP contribution is -2.38. The number of hydrogen-bond donors (Lipinski definition) is 2. The van der Waals surface area contributed by atoms with Crippen molar-refractivity contribution in [1.29, 1.82) is 0 Å². The van der Waals surface area contributed by atoms with Gasteiger partial charge in [0.25, 0.3) is 0 Å². The molecule has 0 saturated carbocycles. The molecule has 3 rings (SSSR count). The minimum absolute atomic E-state index is 0.244. The summed E-state index contributed by atoms with van der Waals surface area (Å²) in [4.78, 5) is 2.34. The van der Waals surface area contributed by atoms with E-state index in [1.165, 1.54) is 18.4 Å². The van der Waals surface area contributed by atoms with Crippen LogP contribution in [0.1, 0.15) is 24.1 Å². The highest BCUT2D eigenvalue weighted by Crippen LogP contribution is 2.20. The highest BCUT2D eigenvalue weighted by Gasteiger charge is 2.20. The number of piperidine rings is 1. The summed E-state index contributed by atoms with van der Waals surface area (Å²) in [6, 6.07) is 14.4. The van der Waals surface area contributed by atoms with Crippen LogP contribution in [-0.2, 0) is 13.0 Å². The normalized spacial score (nSPS) is 18.5. The molecule has 1 aromatic heterocycles. The number of hydrogen-bond acceptors (Lipinski definition) is 5. The third-order valence-corrected chi connectivity index (χ3v) is 4.55. The van der Waals surface area contributed by atoms with Crippen molar-refractivity contribution in [2.45, 2.75) is 25.8 Å². The van der Waals surface area contributed by atoms with Gasteiger partial charge in [0.15, 0.2) is 0 Å². The zero-order chi connectivity index (χ0) is 16.6. The standard InChI is InChI=1S/C19H26N4O/c24-12-11-23-10-4-7-17(15-23)13-18-8-9-19(22-21-18)20-14-16-5-2-1-3-6-16/h1-3,5-6,8-9,17,24H,4,7,10-15H2,(H,20,22)/t17-/m0/s1. The molecule has 24 heavy (non-hydrogen) atoms. The van der Waals surface area contributed by atoms with Gasteiger partial charge >= 0.3 is 0 Å². The van der Waals surface area contributed by atoms with E-state index in [1.54, 1.807) is 0 Å². The SMILES string of the molecule is OCCN1CCC[C@@H](Cc2ccc(NCc3ccccc3)nn2)C1. The van der Waals surface area contributed by atoms with Crippen molar-refractivity contribution in [2.75, 3.05) is 31.6 Å². The number of aromatic nitrogens is 2. The predicted molar refractivity (Wildman–Crippen MR) is 95.8 cm³/mol. The Morgan fingerprint density at radius 3 is 2.75 bits per heavy atom. The minimum atomic E-state index is 0.244. The molecule has 0 unspecified atom stereocenters. The van der Waals surface area contributed by atoms with Gasteiger partial charge in [0.05, 0.1) is 12.3 Å². The molecule has 2 heterocycles. The van der Waals surface area contributed by atoms with Gasteiger partial charge in [0.1, 0.15) is 5.82 Å². The van der Waals surface area contributed by atoms with E-state index < -0.39 is 0 Å². The van der Waals surface area contributed by atoms with Gasteiger partial charge in [-0.2, -0.15) is 5.10 Å². The maximum Gasteiger partial charge on any atom is 0.148 e. The van der Waals surface area contributed by atoms with Crippen LogP contribution in [0.2, 0.25) is 0 Å². The molecular weight excluding hydrogens is 300 g/mol. The molecule has 1 aromatic carbocycles. The average molecular weight is 326 g/mol. The van der Waals surface area contributed by atoms with Crippen LogP contribution in [0.25, 0.3) is 0 Å². The van der Waals surface area contributed by atoms with Crippen molar-refractivity contribution in [1.82, 2.24) is 15.1 Å². The number of aliphatic hydroxyl groups is 1. The van der Waals surface area contributed by atoms with Crippen LogP contribution >= 0.6 is 0 Å². The number of likely N-dealkylation sites (tertiary alicyclic amines) is 1. The van der Waals surface area contributed by atoms with Crippen molar-refractivity contribution in [3.8, 4) is 0 Å². The molecule has 5 nitrogen and oxygen atoms in total. The lowest BCUT2D eigenvalue weighted by Gasteiger charge is -2.32. The first-order valence-corrected chi connectivity index (χ1v) is 8.77. The topological polar surface area (TPSA) is 61.3 Å². The Hall–Kier alpha value is -1.98. The van der Waals surface area contributed by atoms with Crippen LogP contribution in [0.3, 0.4) is 0 Å². The van der Waals surface area contributed by atoms with Crippen LogP contribution in [0.15, 0.2) is 42.5 Å². The molecule has 0 spiro atoms. The van der Waals surface area contributed by atoms with Gasteiger partial charge in [0.2, 0.25) is 0 Å². The molecule has 0 bridgehead atoms. The average Bonchev–Trinajstić information content (AvgIpc) is 2.63. The number of aliphatic hydroxyl groups excluding tert-OH is 1. The highest BCUT2D eigenvalue weighted by molar-refractivity contribution is 5.34. The second kappa shape index (κ2) is 8.76. The molecule has 128 valence electrons. The highest BCUT2D eigenvalue weighted by atomic mass is 16.3. The molecule has 1 aliphatic rings. The molecule has 1 fully saturated rings. The van der Waals surface area contributed by atoms with Crippen molar-refractivity contribution >= 4 is 5.82 Å². The molecular formula is C19H26N4O. The second-order valence-corrected chi connectivity index (χ2v) is 6.49. The number of rotatable bonds is 7. The summed E-state index contributed by atoms with van der Waals surface area (Å²) in [5.74, 6) is 1.43. The summed E-state index contributed by atoms with van der Waals surface area (Å²) in [5, 5.41) is 21.1. The third kappa shape index (κ3) is 5.01. The molecule has 0 radical (unpaired) electrons. The maximum atomic E-state index is 9.09. The molecule has 2 aromatic rings. The Balaban J connectivity index is 1.49. The summed E-state index contributed by atoms with van der Waals surface area (Å²) in [5.41, 5.74) is 2.28. The third-order valence-electron chi connectivity index (χ3n) is 4.55. The van der Waals surface area contributed by atoms with Gasteiger partial charge in [0, 0.05) is 19.6 Å². The first kappa shape index (κ1) is 16.9. The van der Waals surface area contributed by atoms with Crippen molar-refractivity contribution in [2.24, 2.45) is 5.92 Å². The fourth-order valence-electron chi connectivity index (χ4n) is 3.31. The second-order valence-electron chi connectivity index (χ2n) is 6.49. The number of nitrogens with one attached hydrogen (secondary N) is 1. The summed E-state index contributed by atoms with van der Waals surface area (Å²) in [6.45, 7) is 3.94. The van der Waals surface area contributed by atoms with E-state index in [1.807, 2.05) is 24.3 Å². The Morgan fingerprint density at radius 2 is 2.00 bits per heavy atom. The van der Waals surface area contributed by atoms with Gasteiger partial charge in [-0.15, -0.1) is 5.10 Å². The smallest absolute Gasteiger partial charge is 0.148 e. The van der Waals surface area contributed by atoms with Crippen molar-refractivity contribution in [3.63, 3.8) is 0 Å².